The van der Waals surface area contributed by atoms with Gasteiger partial charge in [0, 0.05) is 11.3 Å². The molecule has 0 spiro atoms. The minimum Gasteiger partial charge on any atom is -0.326 e. The van der Waals surface area contributed by atoms with Gasteiger partial charge in [-0.2, -0.15) is 0 Å². The van der Waals surface area contributed by atoms with E-state index in [-0.39, 0.29) is 11.7 Å². The summed E-state index contributed by atoms with van der Waals surface area (Å²) in [5.74, 6) is -0.289. The second-order valence-electron chi connectivity index (χ2n) is 5.30. The predicted octanol–water partition coefficient (Wildman–Crippen LogP) is 1.79. The monoisotopic (exact) mass is 287 g/mol. The van der Waals surface area contributed by atoms with Crippen molar-refractivity contribution in [2.24, 2.45) is 0 Å². The number of nitrogens with one attached hydrogen (secondary N) is 2. The van der Waals surface area contributed by atoms with Gasteiger partial charge in [0.15, 0.2) is 6.54 Å². The normalized spacial score (nSPS) is 12.0. The fourth-order valence-electron chi connectivity index (χ4n) is 2.24. The number of anilines is 1. The molecule has 0 aliphatic heterocycles. The average Bonchev–Trinajstić information content (AvgIpc) is 2.41. The largest absolute Gasteiger partial charge is 0.326 e. The Morgan fingerprint density at radius 2 is 1.95 bits per heavy atom. The smallest absolute Gasteiger partial charge is 0.279 e. The van der Waals surface area contributed by atoms with Crippen LogP contribution in [0.2, 0.25) is 0 Å². The Kier molecular flexibility index (Phi) is 5.06. The molecule has 4 heteroatoms. The Balaban J connectivity index is 1.89. The van der Waals surface area contributed by atoms with E-state index < -0.39 is 0 Å². The Labute approximate surface area is 124 Å². The van der Waals surface area contributed by atoms with Gasteiger partial charge < -0.3 is 10.2 Å². The number of carbonyl (C=O) groups is 1. The lowest BCUT2D eigenvalue weighted by molar-refractivity contribution is -0.885. The van der Waals surface area contributed by atoms with Crippen LogP contribution in [-0.4, -0.2) is 19.5 Å². The zero-order valence-electron chi connectivity index (χ0n) is 12.3. The van der Waals surface area contributed by atoms with E-state index >= 15 is 0 Å². The lowest BCUT2D eigenvalue weighted by Gasteiger charge is -2.14. The molecule has 2 N–H and O–H groups in total. The highest BCUT2D eigenvalue weighted by atomic mass is 19.1. The summed E-state index contributed by atoms with van der Waals surface area (Å²) in [5, 5.41) is 2.90. The van der Waals surface area contributed by atoms with E-state index in [1.54, 1.807) is 6.07 Å². The van der Waals surface area contributed by atoms with Crippen molar-refractivity contribution in [3.63, 3.8) is 0 Å². The van der Waals surface area contributed by atoms with Crippen LogP contribution in [0.4, 0.5) is 10.1 Å². The molecule has 0 aliphatic carbocycles. The van der Waals surface area contributed by atoms with Crippen molar-refractivity contribution >= 4 is 11.6 Å². The molecule has 0 saturated heterocycles. The summed E-state index contributed by atoms with van der Waals surface area (Å²) < 4.78 is 13.1. The van der Waals surface area contributed by atoms with Crippen molar-refractivity contribution in [3.8, 4) is 0 Å². The van der Waals surface area contributed by atoms with Crippen LogP contribution in [0.1, 0.15) is 11.1 Å². The molecule has 3 nitrogen and oxygen atoms in total. The highest BCUT2D eigenvalue weighted by molar-refractivity contribution is 5.92. The first-order valence-corrected chi connectivity index (χ1v) is 6.96. The number of amides is 1. The molecule has 0 aromatic heterocycles. The quantitative estimate of drug-likeness (QED) is 0.863. The molecule has 1 atom stereocenters. The summed E-state index contributed by atoms with van der Waals surface area (Å²) in [6, 6.07) is 14.1. The van der Waals surface area contributed by atoms with Crippen molar-refractivity contribution in [2.45, 2.75) is 13.5 Å². The molecular formula is C17H20FN2O+. The fraction of sp³-hybridized carbons (Fsp3) is 0.235. The van der Waals surface area contributed by atoms with Gasteiger partial charge in [0.2, 0.25) is 0 Å². The van der Waals surface area contributed by atoms with Gasteiger partial charge in [-0.15, -0.1) is 0 Å². The molecule has 2 aromatic carbocycles. The average molecular weight is 287 g/mol. The molecule has 0 fully saturated rings. The second kappa shape index (κ2) is 6.99. The van der Waals surface area contributed by atoms with Crippen LogP contribution in [0.3, 0.4) is 0 Å². The summed E-state index contributed by atoms with van der Waals surface area (Å²) in [6.45, 7) is 2.91. The van der Waals surface area contributed by atoms with E-state index in [0.29, 0.717) is 13.1 Å². The molecule has 2 aromatic rings. The van der Waals surface area contributed by atoms with Gasteiger partial charge in [-0.1, -0.05) is 30.3 Å². The van der Waals surface area contributed by atoms with Gasteiger partial charge in [-0.3, -0.25) is 4.79 Å². The van der Waals surface area contributed by atoms with Crippen LogP contribution in [0, 0.1) is 12.7 Å². The first kappa shape index (κ1) is 15.2. The maximum atomic E-state index is 13.1. The topological polar surface area (TPSA) is 33.5 Å². The van der Waals surface area contributed by atoms with E-state index in [2.05, 4.69) is 5.32 Å². The van der Waals surface area contributed by atoms with Gasteiger partial charge in [-0.25, -0.2) is 4.39 Å². The maximum Gasteiger partial charge on any atom is 0.279 e. The van der Waals surface area contributed by atoms with Crippen LogP contribution < -0.4 is 10.2 Å². The number of quaternary nitrogens is 1. The number of hydrogen-bond donors (Lipinski definition) is 2. The van der Waals surface area contributed by atoms with Crippen LogP contribution in [0.25, 0.3) is 0 Å². The van der Waals surface area contributed by atoms with E-state index in [0.717, 1.165) is 21.7 Å². The summed E-state index contributed by atoms with van der Waals surface area (Å²) in [6.07, 6.45) is 0. The van der Waals surface area contributed by atoms with Crippen molar-refractivity contribution in [3.05, 3.63) is 65.5 Å². The van der Waals surface area contributed by atoms with E-state index in [4.69, 9.17) is 0 Å². The number of para-hydroxylation sites is 1. The van der Waals surface area contributed by atoms with Gasteiger partial charge in [0.1, 0.15) is 12.4 Å². The third-order valence-electron chi connectivity index (χ3n) is 3.28. The highest BCUT2D eigenvalue weighted by Crippen LogP contribution is 2.12. The fourth-order valence-corrected chi connectivity index (χ4v) is 2.24. The Hall–Kier alpha value is -2.20. The number of hydrogen-bond acceptors (Lipinski definition) is 1. The SMILES string of the molecule is Cc1ccccc1NC(=O)C[NH+](C)Cc1cccc(F)c1. The molecule has 0 bridgehead atoms. The van der Waals surface area contributed by atoms with Crippen LogP contribution in [-0.2, 0) is 11.3 Å². The lowest BCUT2D eigenvalue weighted by atomic mass is 10.2. The maximum absolute atomic E-state index is 13.1. The number of halogens is 1. The van der Waals surface area contributed by atoms with Gasteiger partial charge in [-0.05, 0) is 30.7 Å². The highest BCUT2D eigenvalue weighted by Gasteiger charge is 2.11. The Morgan fingerprint density at radius 3 is 2.67 bits per heavy atom. The number of benzene rings is 2. The summed E-state index contributed by atoms with van der Waals surface area (Å²) >= 11 is 0. The zero-order chi connectivity index (χ0) is 15.2. The third kappa shape index (κ3) is 4.68. The molecular weight excluding hydrogens is 267 g/mol. The van der Waals surface area contributed by atoms with Crippen molar-refractivity contribution in [1.29, 1.82) is 0 Å². The Morgan fingerprint density at radius 1 is 1.19 bits per heavy atom. The standard InChI is InChI=1S/C17H19FN2O/c1-13-6-3-4-9-16(13)19-17(21)12-20(2)11-14-7-5-8-15(18)10-14/h3-10H,11-12H2,1-2H3,(H,19,21)/p+1. The molecule has 0 saturated carbocycles. The number of rotatable bonds is 5. The van der Waals surface area contributed by atoms with Gasteiger partial charge in [0.05, 0.1) is 7.05 Å². The summed E-state index contributed by atoms with van der Waals surface area (Å²) in [4.78, 5) is 13.0. The van der Waals surface area contributed by atoms with Crippen LogP contribution in [0.15, 0.2) is 48.5 Å². The molecule has 1 amide bonds. The number of aryl methyl sites for hydroxylation is 1. The first-order valence-electron chi connectivity index (χ1n) is 6.96. The zero-order valence-corrected chi connectivity index (χ0v) is 12.3. The van der Waals surface area contributed by atoms with Gasteiger partial charge in [0.25, 0.3) is 5.91 Å². The lowest BCUT2D eigenvalue weighted by Crippen LogP contribution is -3.08. The molecule has 1 unspecified atom stereocenters. The molecule has 0 heterocycles. The van der Waals surface area contributed by atoms with Crippen molar-refractivity contribution < 1.29 is 14.1 Å². The number of carbonyl (C=O) groups excluding carboxylic acids is 1. The van der Waals surface area contributed by atoms with E-state index in [1.807, 2.05) is 44.3 Å². The molecule has 0 aliphatic rings. The third-order valence-corrected chi connectivity index (χ3v) is 3.28. The number of likely N-dealkylation sites (N-methyl/N-ethyl adjacent to an activating group) is 1. The second-order valence-corrected chi connectivity index (χ2v) is 5.30. The van der Waals surface area contributed by atoms with Crippen LogP contribution >= 0.6 is 0 Å². The van der Waals surface area contributed by atoms with Crippen molar-refractivity contribution in [1.82, 2.24) is 0 Å². The molecule has 110 valence electrons. The minimum atomic E-state index is -0.246. The summed E-state index contributed by atoms with van der Waals surface area (Å²) in [5.41, 5.74) is 2.76. The molecule has 0 radical (unpaired) electrons. The predicted molar refractivity (Wildman–Crippen MR) is 81.7 cm³/mol. The van der Waals surface area contributed by atoms with Gasteiger partial charge >= 0.3 is 0 Å². The van der Waals surface area contributed by atoms with Crippen molar-refractivity contribution in [2.75, 3.05) is 18.9 Å². The van der Waals surface area contributed by atoms with Crippen LogP contribution in [0.5, 0.6) is 0 Å². The Bertz CT molecular complexity index is 628. The minimum absolute atomic E-state index is 0.0433. The first-order chi connectivity index (χ1) is 10.0. The van der Waals surface area contributed by atoms with E-state index in [1.165, 1.54) is 12.1 Å². The molecule has 21 heavy (non-hydrogen) atoms. The summed E-state index contributed by atoms with van der Waals surface area (Å²) in [7, 11) is 1.92. The molecule has 2 rings (SSSR count). The van der Waals surface area contributed by atoms with E-state index in [9.17, 15) is 9.18 Å².